The molecule has 2 aliphatic rings. The molecule has 2 fully saturated rings. The first-order chi connectivity index (χ1) is 9.84. The second-order valence-corrected chi connectivity index (χ2v) is 8.33. The van der Waals surface area contributed by atoms with E-state index in [2.05, 4.69) is 13.8 Å². The van der Waals surface area contributed by atoms with Gasteiger partial charge in [-0.3, -0.25) is 4.79 Å². The average molecular weight is 318 g/mol. The fourth-order valence-electron chi connectivity index (χ4n) is 2.80. The van der Waals surface area contributed by atoms with Crippen LogP contribution in [0, 0.1) is 5.92 Å². The van der Waals surface area contributed by atoms with E-state index in [0.29, 0.717) is 25.4 Å². The van der Waals surface area contributed by atoms with Gasteiger partial charge in [0, 0.05) is 19.1 Å². The number of nitrogens with zero attached hydrogens (tertiary/aromatic N) is 2. The summed E-state index contributed by atoms with van der Waals surface area (Å²) in [5.41, 5.74) is 0. The molecule has 0 amide bonds. The molecule has 1 heterocycles. The molecule has 0 aromatic heterocycles. The van der Waals surface area contributed by atoms with Crippen LogP contribution in [0.3, 0.4) is 0 Å². The highest BCUT2D eigenvalue weighted by Crippen LogP contribution is 2.33. The molecule has 1 unspecified atom stereocenters. The summed E-state index contributed by atoms with van der Waals surface area (Å²) in [7, 11) is -3.66. The number of piperidine rings is 1. The van der Waals surface area contributed by atoms with E-state index in [1.54, 1.807) is 4.31 Å². The van der Waals surface area contributed by atoms with Crippen molar-refractivity contribution < 1.29 is 18.3 Å². The zero-order valence-electron chi connectivity index (χ0n) is 12.9. The predicted molar refractivity (Wildman–Crippen MR) is 80.1 cm³/mol. The van der Waals surface area contributed by atoms with E-state index in [4.69, 9.17) is 0 Å². The van der Waals surface area contributed by atoms with Crippen molar-refractivity contribution >= 4 is 16.2 Å². The van der Waals surface area contributed by atoms with Gasteiger partial charge in [-0.25, -0.2) is 0 Å². The summed E-state index contributed by atoms with van der Waals surface area (Å²) < 4.78 is 28.5. The Morgan fingerprint density at radius 1 is 1.29 bits per heavy atom. The maximum Gasteiger partial charge on any atom is 0.322 e. The fraction of sp³-hybridized carbons (Fsp3) is 0.929. The van der Waals surface area contributed by atoms with Crippen molar-refractivity contribution in [3.05, 3.63) is 0 Å². The van der Waals surface area contributed by atoms with Gasteiger partial charge in [-0.05, 0) is 44.4 Å². The van der Waals surface area contributed by atoms with Crippen molar-refractivity contribution in [3.8, 4) is 0 Å². The highest BCUT2D eigenvalue weighted by Gasteiger charge is 2.44. The number of hydrogen-bond acceptors (Lipinski definition) is 3. The Hall–Kier alpha value is -0.660. The monoisotopic (exact) mass is 318 g/mol. The third-order valence-electron chi connectivity index (χ3n) is 4.21. The third kappa shape index (κ3) is 3.96. The summed E-state index contributed by atoms with van der Waals surface area (Å²) in [5.74, 6) is -0.601. The molecule has 1 aliphatic heterocycles. The maximum atomic E-state index is 12.9. The number of hydrogen-bond donors (Lipinski definition) is 1. The summed E-state index contributed by atoms with van der Waals surface area (Å²) in [5, 5.41) is 9.30. The van der Waals surface area contributed by atoms with E-state index in [1.807, 2.05) is 0 Å². The molecule has 1 saturated heterocycles. The van der Waals surface area contributed by atoms with Gasteiger partial charge in [0.2, 0.25) is 0 Å². The van der Waals surface area contributed by atoms with Crippen molar-refractivity contribution in [2.45, 2.75) is 64.5 Å². The standard InChI is InChI=1S/C14H26N2O4S/c1-11(2)8-10-15(12-6-7-12)21(19,20)16-9-4-3-5-13(16)14(17)18/h11-13H,3-10H2,1-2H3,(H,17,18). The van der Waals surface area contributed by atoms with Gasteiger partial charge in [-0.2, -0.15) is 17.0 Å². The van der Waals surface area contributed by atoms with Crippen LogP contribution in [0.4, 0.5) is 0 Å². The van der Waals surface area contributed by atoms with Crippen molar-refractivity contribution in [1.29, 1.82) is 0 Å². The first kappa shape index (κ1) is 16.7. The fourth-order valence-corrected chi connectivity index (χ4v) is 4.87. The van der Waals surface area contributed by atoms with Crippen molar-refractivity contribution in [1.82, 2.24) is 8.61 Å². The zero-order chi connectivity index (χ0) is 15.6. The summed E-state index contributed by atoms with van der Waals surface area (Å²) in [6, 6.07) is -0.825. The third-order valence-corrected chi connectivity index (χ3v) is 6.32. The van der Waals surface area contributed by atoms with Crippen LogP contribution in [0.2, 0.25) is 0 Å². The smallest absolute Gasteiger partial charge is 0.322 e. The topological polar surface area (TPSA) is 77.9 Å². The molecule has 1 saturated carbocycles. The van der Waals surface area contributed by atoms with Crippen molar-refractivity contribution in [2.24, 2.45) is 5.92 Å². The highest BCUT2D eigenvalue weighted by molar-refractivity contribution is 7.86. The molecule has 1 atom stereocenters. The minimum absolute atomic E-state index is 0.0742. The lowest BCUT2D eigenvalue weighted by Crippen LogP contribution is -2.54. The summed E-state index contributed by atoms with van der Waals surface area (Å²) in [6.07, 6.45) is 4.52. The lowest BCUT2D eigenvalue weighted by atomic mass is 10.1. The van der Waals surface area contributed by atoms with E-state index >= 15 is 0 Å². The second-order valence-electron chi connectivity index (χ2n) is 6.49. The number of carboxylic acid groups (broad SMARTS) is 1. The minimum Gasteiger partial charge on any atom is -0.480 e. The molecule has 0 spiro atoms. The quantitative estimate of drug-likeness (QED) is 0.774. The van der Waals surface area contributed by atoms with E-state index in [1.165, 1.54) is 4.31 Å². The Balaban J connectivity index is 2.17. The molecule has 6 nitrogen and oxygen atoms in total. The Bertz CT molecular complexity index is 473. The van der Waals surface area contributed by atoms with Crippen LogP contribution in [0.5, 0.6) is 0 Å². The van der Waals surface area contributed by atoms with Gasteiger partial charge >= 0.3 is 5.97 Å². The molecule has 0 bridgehead atoms. The minimum atomic E-state index is -3.66. The van der Waals surface area contributed by atoms with E-state index in [9.17, 15) is 18.3 Å². The first-order valence-electron chi connectivity index (χ1n) is 7.85. The van der Waals surface area contributed by atoms with Gasteiger partial charge in [0.1, 0.15) is 6.04 Å². The summed E-state index contributed by atoms with van der Waals surface area (Å²) >= 11 is 0. The average Bonchev–Trinajstić information content (AvgIpc) is 3.23. The SMILES string of the molecule is CC(C)CCN(C1CC1)S(=O)(=O)N1CCCCC1C(=O)O. The van der Waals surface area contributed by atoms with Crippen molar-refractivity contribution in [3.63, 3.8) is 0 Å². The summed E-state index contributed by atoms with van der Waals surface area (Å²) in [6.45, 7) is 4.95. The predicted octanol–water partition coefficient (Wildman–Crippen LogP) is 1.68. The van der Waals surface area contributed by atoms with Gasteiger partial charge in [-0.15, -0.1) is 0 Å². The normalized spacial score (nSPS) is 24.7. The van der Waals surface area contributed by atoms with Gasteiger partial charge < -0.3 is 5.11 Å². The number of rotatable bonds is 7. The van der Waals surface area contributed by atoms with Gasteiger partial charge in [-0.1, -0.05) is 13.8 Å². The molecule has 122 valence electrons. The largest absolute Gasteiger partial charge is 0.480 e. The molecular formula is C14H26N2O4S. The lowest BCUT2D eigenvalue weighted by molar-refractivity contribution is -0.142. The molecule has 1 aliphatic carbocycles. The molecule has 0 radical (unpaired) electrons. The van der Waals surface area contributed by atoms with Gasteiger partial charge in [0.25, 0.3) is 10.2 Å². The molecule has 1 N–H and O–H groups in total. The Kier molecular flexibility index (Phi) is 5.27. The van der Waals surface area contributed by atoms with E-state index in [0.717, 1.165) is 32.1 Å². The molecule has 21 heavy (non-hydrogen) atoms. The molecule has 7 heteroatoms. The lowest BCUT2D eigenvalue weighted by Gasteiger charge is -2.36. The zero-order valence-corrected chi connectivity index (χ0v) is 13.7. The maximum absolute atomic E-state index is 12.9. The van der Waals surface area contributed by atoms with Crippen LogP contribution in [0.1, 0.15) is 52.4 Å². The Labute approximate surface area is 127 Å². The van der Waals surface area contributed by atoms with E-state index < -0.39 is 22.2 Å². The van der Waals surface area contributed by atoms with Crippen LogP contribution in [-0.4, -0.2) is 53.3 Å². The Morgan fingerprint density at radius 2 is 1.95 bits per heavy atom. The number of carboxylic acids is 1. The van der Waals surface area contributed by atoms with E-state index in [-0.39, 0.29) is 6.04 Å². The molecule has 0 aromatic carbocycles. The highest BCUT2D eigenvalue weighted by atomic mass is 32.2. The summed E-state index contributed by atoms with van der Waals surface area (Å²) in [4.78, 5) is 11.4. The molecular weight excluding hydrogens is 292 g/mol. The van der Waals surface area contributed by atoms with Gasteiger partial charge in [0.15, 0.2) is 0 Å². The Morgan fingerprint density at radius 3 is 2.48 bits per heavy atom. The molecule has 2 rings (SSSR count). The van der Waals surface area contributed by atoms with Gasteiger partial charge in [0.05, 0.1) is 0 Å². The van der Waals surface area contributed by atoms with Crippen LogP contribution >= 0.6 is 0 Å². The number of carbonyl (C=O) groups is 1. The van der Waals surface area contributed by atoms with Crippen molar-refractivity contribution in [2.75, 3.05) is 13.1 Å². The van der Waals surface area contributed by atoms with Crippen LogP contribution in [-0.2, 0) is 15.0 Å². The van der Waals surface area contributed by atoms with Crippen LogP contribution in [0.15, 0.2) is 0 Å². The first-order valence-corrected chi connectivity index (χ1v) is 9.25. The molecule has 0 aromatic rings. The second kappa shape index (κ2) is 6.62. The van der Waals surface area contributed by atoms with Crippen LogP contribution < -0.4 is 0 Å². The van der Waals surface area contributed by atoms with Crippen LogP contribution in [0.25, 0.3) is 0 Å². The number of aliphatic carboxylic acids is 1.